The van der Waals surface area contributed by atoms with Gasteiger partial charge in [-0.2, -0.15) is 18.3 Å². The van der Waals surface area contributed by atoms with Crippen molar-refractivity contribution in [2.24, 2.45) is 0 Å². The van der Waals surface area contributed by atoms with Crippen molar-refractivity contribution in [3.8, 4) is 5.75 Å². The third kappa shape index (κ3) is 5.29. The lowest BCUT2D eigenvalue weighted by molar-refractivity contribution is -0.141. The number of halogens is 4. The Kier molecular flexibility index (Phi) is 6.36. The highest BCUT2D eigenvalue weighted by atomic mass is 35.5. The maximum atomic E-state index is 12.6. The van der Waals surface area contributed by atoms with Gasteiger partial charge in [0.25, 0.3) is 0 Å². The smallest absolute Gasteiger partial charge is 0.435 e. The van der Waals surface area contributed by atoms with Gasteiger partial charge >= 0.3 is 12.2 Å². The fraction of sp³-hybridized carbons (Fsp3) is 0.375. The Bertz CT molecular complexity index is 777. The minimum atomic E-state index is -4.47. The topological polar surface area (TPSA) is 68.2 Å². The van der Waals surface area contributed by atoms with Crippen LogP contribution in [0.5, 0.6) is 5.75 Å². The number of carbonyl (C=O) groups is 1. The van der Waals surface area contributed by atoms with E-state index in [0.717, 1.165) is 6.07 Å². The number of hydrogen-bond donors (Lipinski definition) is 2. The van der Waals surface area contributed by atoms with E-state index in [4.69, 9.17) is 16.3 Å². The number of methoxy groups -OCH3 is 1. The molecule has 0 atom stereocenters. The normalized spacial score (nSPS) is 11.3. The Morgan fingerprint density at radius 2 is 2.08 bits per heavy atom. The van der Waals surface area contributed by atoms with Crippen LogP contribution in [0.1, 0.15) is 17.8 Å². The third-order valence-corrected chi connectivity index (χ3v) is 3.75. The molecule has 2 aromatic rings. The van der Waals surface area contributed by atoms with E-state index in [1.54, 1.807) is 25.1 Å². The molecule has 2 N–H and O–H groups in total. The molecule has 0 aliphatic rings. The molecule has 10 heteroatoms. The van der Waals surface area contributed by atoms with Crippen LogP contribution in [0.25, 0.3) is 0 Å². The van der Waals surface area contributed by atoms with Gasteiger partial charge in [-0.3, -0.25) is 4.68 Å². The number of carbonyl (C=O) groups excluding carboxylic acids is 1. The zero-order valence-electron chi connectivity index (χ0n) is 14.2. The first kappa shape index (κ1) is 19.9. The summed E-state index contributed by atoms with van der Waals surface area (Å²) in [5.74, 6) is 0.455. The van der Waals surface area contributed by atoms with Gasteiger partial charge in [0.15, 0.2) is 5.69 Å². The van der Waals surface area contributed by atoms with Crippen molar-refractivity contribution in [3.63, 3.8) is 0 Å². The summed E-state index contributed by atoms with van der Waals surface area (Å²) in [6, 6.07) is 5.32. The highest BCUT2D eigenvalue weighted by molar-refractivity contribution is 6.31. The molecule has 1 heterocycles. The van der Waals surface area contributed by atoms with Crippen LogP contribution in [-0.4, -0.2) is 29.5 Å². The summed E-state index contributed by atoms with van der Waals surface area (Å²) in [6.45, 7) is 2.06. The molecular weight excluding hydrogens is 373 g/mol. The third-order valence-electron chi connectivity index (χ3n) is 3.51. The minimum absolute atomic E-state index is 0.253. The van der Waals surface area contributed by atoms with Crippen molar-refractivity contribution < 1.29 is 22.7 Å². The maximum absolute atomic E-state index is 12.6. The first-order chi connectivity index (χ1) is 12.2. The number of alkyl halides is 3. The van der Waals surface area contributed by atoms with E-state index < -0.39 is 17.9 Å². The first-order valence-corrected chi connectivity index (χ1v) is 8.08. The standard InChI is InChI=1S/C16H18ClF3N4O2/c1-10-8-14(16(18,19)20)23-24(10)7-3-6-21-15(25)22-12-9-11(17)4-5-13(12)26-2/h4-5,8-9H,3,6-7H2,1-2H3,(H2,21,22,25). The number of hydrogen-bond acceptors (Lipinski definition) is 3. The molecule has 0 aliphatic carbocycles. The van der Waals surface area contributed by atoms with Gasteiger partial charge in [0.2, 0.25) is 0 Å². The summed E-state index contributed by atoms with van der Waals surface area (Å²) in [6.07, 6.45) is -4.05. The van der Waals surface area contributed by atoms with Gasteiger partial charge in [0, 0.05) is 23.8 Å². The number of aryl methyl sites for hydroxylation is 2. The van der Waals surface area contributed by atoms with Crippen molar-refractivity contribution in [2.75, 3.05) is 19.0 Å². The maximum Gasteiger partial charge on any atom is 0.435 e. The van der Waals surface area contributed by atoms with Gasteiger partial charge in [-0.1, -0.05) is 11.6 Å². The number of urea groups is 1. The fourth-order valence-corrected chi connectivity index (χ4v) is 2.42. The molecular formula is C16H18ClF3N4O2. The Morgan fingerprint density at radius 3 is 2.69 bits per heavy atom. The van der Waals surface area contributed by atoms with Gasteiger partial charge in [0.1, 0.15) is 5.75 Å². The molecule has 2 amide bonds. The molecule has 1 aromatic carbocycles. The predicted molar refractivity (Wildman–Crippen MR) is 91.6 cm³/mol. The van der Waals surface area contributed by atoms with E-state index >= 15 is 0 Å². The molecule has 0 aliphatic heterocycles. The molecule has 0 spiro atoms. The number of aromatic nitrogens is 2. The number of anilines is 1. The van der Waals surface area contributed by atoms with Crippen LogP contribution in [0.15, 0.2) is 24.3 Å². The van der Waals surface area contributed by atoms with E-state index in [2.05, 4.69) is 15.7 Å². The van der Waals surface area contributed by atoms with E-state index in [-0.39, 0.29) is 13.1 Å². The lowest BCUT2D eigenvalue weighted by Gasteiger charge is -2.11. The van der Waals surface area contributed by atoms with Crippen LogP contribution in [0.3, 0.4) is 0 Å². The van der Waals surface area contributed by atoms with E-state index in [9.17, 15) is 18.0 Å². The molecule has 0 radical (unpaired) electrons. The van der Waals surface area contributed by atoms with E-state index in [1.807, 2.05) is 0 Å². The average Bonchev–Trinajstić information content (AvgIpc) is 2.93. The van der Waals surface area contributed by atoms with E-state index in [0.29, 0.717) is 28.6 Å². The molecule has 1 aromatic heterocycles. The average molecular weight is 391 g/mol. The first-order valence-electron chi connectivity index (χ1n) is 7.70. The second-order valence-corrected chi connectivity index (χ2v) is 5.91. The summed E-state index contributed by atoms with van der Waals surface area (Å²) in [5, 5.41) is 9.19. The number of amides is 2. The number of nitrogens with one attached hydrogen (secondary N) is 2. The molecule has 0 unspecified atom stereocenters. The van der Waals surface area contributed by atoms with Crippen molar-refractivity contribution in [1.29, 1.82) is 0 Å². The van der Waals surface area contributed by atoms with Crippen LogP contribution in [-0.2, 0) is 12.7 Å². The quantitative estimate of drug-likeness (QED) is 0.730. The summed E-state index contributed by atoms with van der Waals surface area (Å²) in [4.78, 5) is 11.9. The van der Waals surface area contributed by atoms with Gasteiger partial charge < -0.3 is 15.4 Å². The summed E-state index contributed by atoms with van der Waals surface area (Å²) in [7, 11) is 1.47. The minimum Gasteiger partial charge on any atom is -0.495 e. The summed E-state index contributed by atoms with van der Waals surface area (Å²) in [5.41, 5.74) is -0.102. The van der Waals surface area contributed by atoms with Crippen molar-refractivity contribution >= 4 is 23.3 Å². The fourth-order valence-electron chi connectivity index (χ4n) is 2.25. The SMILES string of the molecule is COc1ccc(Cl)cc1NC(=O)NCCCn1nc(C(F)(F)F)cc1C. The Labute approximate surface area is 153 Å². The molecule has 142 valence electrons. The Balaban J connectivity index is 1.82. The lowest BCUT2D eigenvalue weighted by atomic mass is 10.3. The molecule has 0 saturated heterocycles. The second-order valence-electron chi connectivity index (χ2n) is 5.47. The zero-order valence-corrected chi connectivity index (χ0v) is 14.9. The number of rotatable bonds is 6. The number of benzene rings is 1. The number of ether oxygens (including phenoxy) is 1. The van der Waals surface area contributed by atoms with Gasteiger partial charge in [-0.25, -0.2) is 4.79 Å². The van der Waals surface area contributed by atoms with Crippen LogP contribution in [0.4, 0.5) is 23.7 Å². The van der Waals surface area contributed by atoms with Gasteiger partial charge in [0.05, 0.1) is 12.8 Å². The zero-order chi connectivity index (χ0) is 19.3. The highest BCUT2D eigenvalue weighted by Gasteiger charge is 2.34. The van der Waals surface area contributed by atoms with Gasteiger partial charge in [-0.05, 0) is 37.6 Å². The van der Waals surface area contributed by atoms with E-state index in [1.165, 1.54) is 11.8 Å². The molecule has 2 rings (SSSR count). The predicted octanol–water partition coefficient (Wildman–Crippen LogP) is 4.08. The van der Waals surface area contributed by atoms with Crippen molar-refractivity contribution in [2.45, 2.75) is 26.1 Å². The Hall–Kier alpha value is -2.42. The lowest BCUT2D eigenvalue weighted by Crippen LogP contribution is -2.30. The Morgan fingerprint density at radius 1 is 1.35 bits per heavy atom. The molecule has 0 fully saturated rings. The molecule has 26 heavy (non-hydrogen) atoms. The number of nitrogens with zero attached hydrogens (tertiary/aromatic N) is 2. The molecule has 6 nitrogen and oxygen atoms in total. The van der Waals surface area contributed by atoms with Crippen LogP contribution in [0.2, 0.25) is 5.02 Å². The summed E-state index contributed by atoms with van der Waals surface area (Å²) >= 11 is 5.88. The largest absolute Gasteiger partial charge is 0.495 e. The van der Waals surface area contributed by atoms with Crippen molar-refractivity contribution in [1.82, 2.24) is 15.1 Å². The van der Waals surface area contributed by atoms with Crippen LogP contribution in [0, 0.1) is 6.92 Å². The molecule has 0 saturated carbocycles. The van der Waals surface area contributed by atoms with Crippen LogP contribution < -0.4 is 15.4 Å². The van der Waals surface area contributed by atoms with Crippen molar-refractivity contribution in [3.05, 3.63) is 40.7 Å². The molecule has 0 bridgehead atoms. The monoisotopic (exact) mass is 390 g/mol. The van der Waals surface area contributed by atoms with Gasteiger partial charge in [-0.15, -0.1) is 0 Å². The summed E-state index contributed by atoms with van der Waals surface area (Å²) < 4.78 is 44.2. The van der Waals surface area contributed by atoms with Crippen LogP contribution >= 0.6 is 11.6 Å². The highest BCUT2D eigenvalue weighted by Crippen LogP contribution is 2.29. The second kappa shape index (κ2) is 8.31.